The molecular formula is C10H14N4. The van der Waals surface area contributed by atoms with Crippen molar-refractivity contribution in [2.45, 2.75) is 13.0 Å². The Morgan fingerprint density at radius 1 is 1.43 bits per heavy atom. The molecule has 0 spiro atoms. The van der Waals surface area contributed by atoms with Gasteiger partial charge in [0, 0.05) is 7.05 Å². The van der Waals surface area contributed by atoms with Crippen molar-refractivity contribution in [1.29, 1.82) is 0 Å². The third kappa shape index (κ3) is 1.29. The predicted molar refractivity (Wildman–Crippen MR) is 56.5 cm³/mol. The van der Waals surface area contributed by atoms with E-state index in [1.807, 2.05) is 32.2 Å². The van der Waals surface area contributed by atoms with Gasteiger partial charge in [0.05, 0.1) is 17.1 Å². The molecule has 0 radical (unpaired) electrons. The highest BCUT2D eigenvalue weighted by atomic mass is 15.3. The molecular weight excluding hydrogens is 176 g/mol. The third-order valence-corrected chi connectivity index (χ3v) is 2.46. The number of aryl methyl sites for hydroxylation is 1. The molecule has 0 aliphatic heterocycles. The van der Waals surface area contributed by atoms with Gasteiger partial charge in [-0.25, -0.2) is 4.98 Å². The van der Waals surface area contributed by atoms with E-state index in [4.69, 9.17) is 5.84 Å². The van der Waals surface area contributed by atoms with Crippen LogP contribution in [0.5, 0.6) is 0 Å². The highest BCUT2D eigenvalue weighted by molar-refractivity contribution is 5.75. The van der Waals surface area contributed by atoms with E-state index in [0.717, 1.165) is 16.9 Å². The largest absolute Gasteiger partial charge is 0.330 e. The van der Waals surface area contributed by atoms with E-state index in [9.17, 15) is 0 Å². The standard InChI is InChI=1S/C10H14N4/c1-7(13-11)10-12-8-5-3-4-6-9(8)14(10)2/h3-7,13H,11H2,1-2H3. The lowest BCUT2D eigenvalue weighted by Gasteiger charge is -2.09. The fourth-order valence-corrected chi connectivity index (χ4v) is 1.63. The normalized spacial score (nSPS) is 13.4. The highest BCUT2D eigenvalue weighted by Crippen LogP contribution is 2.18. The molecule has 4 heteroatoms. The molecule has 0 aliphatic carbocycles. The molecule has 3 N–H and O–H groups in total. The van der Waals surface area contributed by atoms with Crippen LogP contribution in [0.3, 0.4) is 0 Å². The molecule has 4 nitrogen and oxygen atoms in total. The van der Waals surface area contributed by atoms with Crippen LogP contribution in [0.1, 0.15) is 18.8 Å². The van der Waals surface area contributed by atoms with Crippen molar-refractivity contribution in [2.24, 2.45) is 12.9 Å². The second kappa shape index (κ2) is 3.40. The van der Waals surface area contributed by atoms with Gasteiger partial charge < -0.3 is 4.57 Å². The SMILES string of the molecule is CC(NN)c1nc2ccccc2n1C. The summed E-state index contributed by atoms with van der Waals surface area (Å²) in [5, 5.41) is 0. The van der Waals surface area contributed by atoms with Gasteiger partial charge in [0.15, 0.2) is 0 Å². The topological polar surface area (TPSA) is 55.9 Å². The Labute approximate surface area is 82.7 Å². The molecule has 1 aromatic heterocycles. The molecule has 0 fully saturated rings. The molecule has 74 valence electrons. The molecule has 1 aromatic carbocycles. The molecule has 0 saturated carbocycles. The number of aromatic nitrogens is 2. The van der Waals surface area contributed by atoms with Gasteiger partial charge in [0.25, 0.3) is 0 Å². The lowest BCUT2D eigenvalue weighted by atomic mass is 10.3. The molecule has 1 unspecified atom stereocenters. The summed E-state index contributed by atoms with van der Waals surface area (Å²) in [6, 6.07) is 8.11. The molecule has 14 heavy (non-hydrogen) atoms. The molecule has 2 rings (SSSR count). The number of hydrogen-bond donors (Lipinski definition) is 2. The van der Waals surface area contributed by atoms with Gasteiger partial charge in [0.1, 0.15) is 5.82 Å². The van der Waals surface area contributed by atoms with Crippen molar-refractivity contribution in [3.8, 4) is 0 Å². The Balaban J connectivity index is 2.62. The first-order valence-electron chi connectivity index (χ1n) is 4.61. The molecule has 0 amide bonds. The van der Waals surface area contributed by atoms with Crippen LogP contribution in [0.2, 0.25) is 0 Å². The highest BCUT2D eigenvalue weighted by Gasteiger charge is 2.11. The number of hydrazine groups is 1. The lowest BCUT2D eigenvalue weighted by Crippen LogP contribution is -2.27. The van der Waals surface area contributed by atoms with Gasteiger partial charge in [0.2, 0.25) is 0 Å². The number of nitrogens with one attached hydrogen (secondary N) is 1. The van der Waals surface area contributed by atoms with Gasteiger partial charge in [-0.05, 0) is 19.1 Å². The zero-order valence-corrected chi connectivity index (χ0v) is 8.36. The molecule has 1 heterocycles. The van der Waals surface area contributed by atoms with Crippen LogP contribution in [0.4, 0.5) is 0 Å². The molecule has 0 aliphatic rings. The molecule has 0 saturated heterocycles. The number of nitrogens with two attached hydrogens (primary N) is 1. The second-order valence-electron chi connectivity index (χ2n) is 3.41. The van der Waals surface area contributed by atoms with Crippen LogP contribution in [0.25, 0.3) is 11.0 Å². The van der Waals surface area contributed by atoms with Gasteiger partial charge >= 0.3 is 0 Å². The van der Waals surface area contributed by atoms with Crippen LogP contribution in [-0.4, -0.2) is 9.55 Å². The number of fused-ring (bicyclic) bond motifs is 1. The number of nitrogens with zero attached hydrogens (tertiary/aromatic N) is 2. The minimum absolute atomic E-state index is 0.0624. The van der Waals surface area contributed by atoms with E-state index in [0.29, 0.717) is 0 Å². The molecule has 1 atom stereocenters. The average molecular weight is 190 g/mol. The first kappa shape index (κ1) is 9.18. The number of para-hydroxylation sites is 2. The third-order valence-electron chi connectivity index (χ3n) is 2.46. The monoisotopic (exact) mass is 190 g/mol. The summed E-state index contributed by atoms with van der Waals surface area (Å²) in [7, 11) is 2.00. The Hall–Kier alpha value is -1.39. The quantitative estimate of drug-likeness (QED) is 0.550. The van der Waals surface area contributed by atoms with Gasteiger partial charge in [-0.1, -0.05) is 12.1 Å². The summed E-state index contributed by atoms with van der Waals surface area (Å²) in [6.45, 7) is 1.99. The molecule has 0 bridgehead atoms. The first-order valence-corrected chi connectivity index (χ1v) is 4.61. The first-order chi connectivity index (χ1) is 6.74. The van der Waals surface area contributed by atoms with Gasteiger partial charge in [-0.15, -0.1) is 0 Å². The molecule has 2 aromatic rings. The van der Waals surface area contributed by atoms with Crippen LogP contribution in [0, 0.1) is 0 Å². The predicted octanol–water partition coefficient (Wildman–Crippen LogP) is 1.10. The van der Waals surface area contributed by atoms with E-state index in [1.54, 1.807) is 0 Å². The van der Waals surface area contributed by atoms with E-state index in [1.165, 1.54) is 0 Å². The van der Waals surface area contributed by atoms with E-state index in [2.05, 4.69) is 21.0 Å². The Morgan fingerprint density at radius 2 is 2.14 bits per heavy atom. The smallest absolute Gasteiger partial charge is 0.127 e. The summed E-state index contributed by atoms with van der Waals surface area (Å²) < 4.78 is 2.06. The number of hydrogen-bond acceptors (Lipinski definition) is 3. The minimum Gasteiger partial charge on any atom is -0.330 e. The zero-order valence-electron chi connectivity index (χ0n) is 8.36. The lowest BCUT2D eigenvalue weighted by molar-refractivity contribution is 0.553. The van der Waals surface area contributed by atoms with E-state index >= 15 is 0 Å². The van der Waals surface area contributed by atoms with Crippen LogP contribution in [0.15, 0.2) is 24.3 Å². The van der Waals surface area contributed by atoms with Gasteiger partial charge in [-0.3, -0.25) is 11.3 Å². The van der Waals surface area contributed by atoms with Crippen LogP contribution < -0.4 is 11.3 Å². The number of rotatable bonds is 2. The Bertz CT molecular complexity index is 446. The summed E-state index contributed by atoms with van der Waals surface area (Å²) in [5.74, 6) is 6.34. The Morgan fingerprint density at radius 3 is 2.79 bits per heavy atom. The van der Waals surface area contributed by atoms with Crippen LogP contribution >= 0.6 is 0 Å². The van der Waals surface area contributed by atoms with Crippen molar-refractivity contribution in [3.05, 3.63) is 30.1 Å². The zero-order chi connectivity index (χ0) is 10.1. The number of benzene rings is 1. The van der Waals surface area contributed by atoms with Crippen molar-refractivity contribution in [3.63, 3.8) is 0 Å². The fraction of sp³-hybridized carbons (Fsp3) is 0.300. The Kier molecular flexibility index (Phi) is 2.23. The van der Waals surface area contributed by atoms with E-state index in [-0.39, 0.29) is 6.04 Å². The van der Waals surface area contributed by atoms with Gasteiger partial charge in [-0.2, -0.15) is 0 Å². The maximum absolute atomic E-state index is 5.39. The average Bonchev–Trinajstić information content (AvgIpc) is 2.56. The summed E-state index contributed by atoms with van der Waals surface area (Å²) in [4.78, 5) is 4.50. The van der Waals surface area contributed by atoms with Crippen molar-refractivity contribution in [1.82, 2.24) is 15.0 Å². The maximum Gasteiger partial charge on any atom is 0.127 e. The number of imidazole rings is 1. The van der Waals surface area contributed by atoms with Crippen molar-refractivity contribution >= 4 is 11.0 Å². The van der Waals surface area contributed by atoms with E-state index < -0.39 is 0 Å². The maximum atomic E-state index is 5.39. The van der Waals surface area contributed by atoms with Crippen molar-refractivity contribution < 1.29 is 0 Å². The minimum atomic E-state index is 0.0624. The summed E-state index contributed by atoms with van der Waals surface area (Å²) >= 11 is 0. The second-order valence-corrected chi connectivity index (χ2v) is 3.41. The summed E-state index contributed by atoms with van der Waals surface area (Å²) in [5.41, 5.74) is 4.84. The van der Waals surface area contributed by atoms with Crippen LogP contribution in [-0.2, 0) is 7.05 Å². The summed E-state index contributed by atoms with van der Waals surface area (Å²) in [6.07, 6.45) is 0. The van der Waals surface area contributed by atoms with Crippen molar-refractivity contribution in [2.75, 3.05) is 0 Å². The fourth-order valence-electron chi connectivity index (χ4n) is 1.63.